The molecule has 0 atom stereocenters. The maximum absolute atomic E-state index is 6.04. The minimum atomic E-state index is 0.524. The lowest BCUT2D eigenvalue weighted by Gasteiger charge is -2.15. The molecule has 0 aromatic rings. The number of nitrogens with zero attached hydrogens (tertiary/aromatic N) is 1. The van der Waals surface area contributed by atoms with Crippen molar-refractivity contribution in [3.05, 3.63) is 0 Å². The Morgan fingerprint density at radius 2 is 1.83 bits per heavy atom. The van der Waals surface area contributed by atoms with Crippen molar-refractivity contribution >= 4 is 17.7 Å². The smallest absolute Gasteiger partial charge is 0.191 e. The van der Waals surface area contributed by atoms with Crippen LogP contribution in [0.3, 0.4) is 0 Å². The zero-order valence-corrected chi connectivity index (χ0v) is 16.8. The molecule has 1 saturated carbocycles. The fourth-order valence-corrected chi connectivity index (χ4v) is 3.48. The number of aliphatic imine (C=N–C) groups is 1. The number of hydrogen-bond acceptors (Lipinski definition) is 3. The van der Waals surface area contributed by atoms with E-state index in [1.165, 1.54) is 57.1 Å². The fraction of sp³-hybridized carbons (Fsp3) is 0.947. The molecule has 0 unspecified atom stereocenters. The van der Waals surface area contributed by atoms with Crippen molar-refractivity contribution in [1.82, 2.24) is 10.6 Å². The van der Waals surface area contributed by atoms with Gasteiger partial charge in [-0.1, -0.05) is 25.7 Å². The molecule has 1 aliphatic carbocycles. The number of ether oxygens (including phenoxy) is 1. The highest BCUT2D eigenvalue weighted by atomic mass is 32.2. The van der Waals surface area contributed by atoms with Gasteiger partial charge in [0.05, 0.1) is 6.10 Å². The van der Waals surface area contributed by atoms with Crippen molar-refractivity contribution in [1.29, 1.82) is 0 Å². The van der Waals surface area contributed by atoms with Gasteiger partial charge < -0.3 is 15.4 Å². The minimum absolute atomic E-state index is 0.524. The number of unbranched alkanes of at least 4 members (excludes halogenated alkanes) is 2. The van der Waals surface area contributed by atoms with Gasteiger partial charge in [0.25, 0.3) is 0 Å². The van der Waals surface area contributed by atoms with Gasteiger partial charge >= 0.3 is 0 Å². The van der Waals surface area contributed by atoms with E-state index in [1.807, 2.05) is 11.8 Å². The molecule has 0 radical (unpaired) electrons. The first-order chi connectivity index (χ1) is 11.9. The lowest BCUT2D eigenvalue weighted by Crippen LogP contribution is -2.37. The topological polar surface area (TPSA) is 45.7 Å². The van der Waals surface area contributed by atoms with Crippen LogP contribution >= 0.6 is 11.8 Å². The third-order valence-electron chi connectivity index (χ3n) is 4.39. The van der Waals surface area contributed by atoms with Crippen molar-refractivity contribution in [3.63, 3.8) is 0 Å². The van der Waals surface area contributed by atoms with Crippen molar-refractivity contribution in [3.8, 4) is 0 Å². The number of nitrogens with one attached hydrogen (secondary N) is 2. The Bertz CT molecular complexity index is 305. The molecule has 1 rings (SSSR count). The highest BCUT2D eigenvalue weighted by Crippen LogP contribution is 2.19. The van der Waals surface area contributed by atoms with Gasteiger partial charge in [-0.15, -0.1) is 0 Å². The Morgan fingerprint density at radius 1 is 1.04 bits per heavy atom. The first-order valence-electron chi connectivity index (χ1n) is 9.99. The minimum Gasteiger partial charge on any atom is -0.378 e. The Labute approximate surface area is 154 Å². The van der Waals surface area contributed by atoms with Crippen LogP contribution < -0.4 is 10.6 Å². The Kier molecular flexibility index (Phi) is 14.5. The normalized spacial score (nSPS) is 16.8. The maximum Gasteiger partial charge on any atom is 0.191 e. The first kappa shape index (κ1) is 21.6. The second-order valence-corrected chi connectivity index (χ2v) is 7.56. The van der Waals surface area contributed by atoms with E-state index in [9.17, 15) is 0 Å². The van der Waals surface area contributed by atoms with E-state index in [-0.39, 0.29) is 0 Å². The molecule has 5 heteroatoms. The molecule has 24 heavy (non-hydrogen) atoms. The Hall–Kier alpha value is -0.420. The Morgan fingerprint density at radius 3 is 2.54 bits per heavy atom. The van der Waals surface area contributed by atoms with Gasteiger partial charge in [-0.25, -0.2) is 0 Å². The van der Waals surface area contributed by atoms with Gasteiger partial charge in [-0.3, -0.25) is 4.99 Å². The van der Waals surface area contributed by atoms with Crippen LogP contribution in [0.25, 0.3) is 0 Å². The van der Waals surface area contributed by atoms with Crippen LogP contribution in [0.5, 0.6) is 0 Å². The number of guanidine groups is 1. The molecule has 0 spiro atoms. The van der Waals surface area contributed by atoms with Crippen molar-refractivity contribution < 1.29 is 4.74 Å². The summed E-state index contributed by atoms with van der Waals surface area (Å²) < 4.78 is 6.04. The SMILES string of the molecule is CCNC(=NCCCCOC1CCCCCC1)NCCCCSC. The van der Waals surface area contributed by atoms with Gasteiger partial charge in [-0.2, -0.15) is 11.8 Å². The standard InChI is InChI=1S/C19H39N3OS/c1-3-20-19(22-15-9-11-17-24-2)21-14-8-10-16-23-18-12-6-4-5-7-13-18/h18H,3-17H2,1-2H3,(H2,20,21,22). The first-order valence-corrected chi connectivity index (χ1v) is 11.4. The van der Waals surface area contributed by atoms with E-state index in [2.05, 4.69) is 28.8 Å². The molecule has 0 aliphatic heterocycles. The predicted molar refractivity (Wildman–Crippen MR) is 108 cm³/mol. The quantitative estimate of drug-likeness (QED) is 0.238. The van der Waals surface area contributed by atoms with Gasteiger partial charge in [-0.05, 0) is 57.5 Å². The van der Waals surface area contributed by atoms with Crippen LogP contribution in [0.1, 0.15) is 71.1 Å². The van der Waals surface area contributed by atoms with Crippen molar-refractivity contribution in [2.45, 2.75) is 77.2 Å². The molecule has 1 aliphatic rings. The van der Waals surface area contributed by atoms with Gasteiger partial charge in [0.1, 0.15) is 0 Å². The number of rotatable bonds is 12. The molecule has 0 aromatic carbocycles. The average molecular weight is 358 g/mol. The average Bonchev–Trinajstić information content (AvgIpc) is 2.86. The summed E-state index contributed by atoms with van der Waals surface area (Å²) in [5, 5.41) is 6.75. The molecule has 0 saturated heterocycles. The van der Waals surface area contributed by atoms with Gasteiger partial charge in [0.2, 0.25) is 0 Å². The molecule has 0 heterocycles. The van der Waals surface area contributed by atoms with Crippen LogP contribution in [0, 0.1) is 0 Å². The molecule has 0 aromatic heterocycles. The van der Waals surface area contributed by atoms with Crippen molar-refractivity contribution in [2.75, 3.05) is 38.2 Å². The summed E-state index contributed by atoms with van der Waals surface area (Å²) >= 11 is 1.92. The zero-order valence-electron chi connectivity index (χ0n) is 15.9. The molecular formula is C19H39N3OS. The monoisotopic (exact) mass is 357 g/mol. The molecule has 2 N–H and O–H groups in total. The second-order valence-electron chi connectivity index (χ2n) is 6.58. The Balaban J connectivity index is 2.05. The highest BCUT2D eigenvalue weighted by Gasteiger charge is 2.11. The van der Waals surface area contributed by atoms with E-state index >= 15 is 0 Å². The summed E-state index contributed by atoms with van der Waals surface area (Å²) in [6, 6.07) is 0. The summed E-state index contributed by atoms with van der Waals surface area (Å²) in [4.78, 5) is 4.66. The van der Waals surface area contributed by atoms with Gasteiger partial charge in [0, 0.05) is 26.2 Å². The lowest BCUT2D eigenvalue weighted by molar-refractivity contribution is 0.0413. The van der Waals surface area contributed by atoms with E-state index in [4.69, 9.17) is 4.74 Å². The van der Waals surface area contributed by atoms with Crippen molar-refractivity contribution in [2.24, 2.45) is 4.99 Å². The summed E-state index contributed by atoms with van der Waals surface area (Å²) in [6.45, 7) is 5.83. The molecule has 0 bridgehead atoms. The van der Waals surface area contributed by atoms with E-state index < -0.39 is 0 Å². The van der Waals surface area contributed by atoms with Gasteiger partial charge in [0.15, 0.2) is 5.96 Å². The van der Waals surface area contributed by atoms with Crippen LogP contribution in [0.4, 0.5) is 0 Å². The highest BCUT2D eigenvalue weighted by molar-refractivity contribution is 7.98. The molecule has 4 nitrogen and oxygen atoms in total. The van der Waals surface area contributed by atoms with E-state index in [1.54, 1.807) is 0 Å². The van der Waals surface area contributed by atoms with Crippen LogP contribution in [0.2, 0.25) is 0 Å². The fourth-order valence-electron chi connectivity index (χ4n) is 2.98. The predicted octanol–water partition coefficient (Wildman–Crippen LogP) is 4.20. The summed E-state index contributed by atoms with van der Waals surface area (Å²) in [7, 11) is 0. The second kappa shape index (κ2) is 16.1. The largest absolute Gasteiger partial charge is 0.378 e. The van der Waals surface area contributed by atoms with Crippen LogP contribution in [0.15, 0.2) is 4.99 Å². The summed E-state index contributed by atoms with van der Waals surface area (Å²) in [5.41, 5.74) is 0. The third-order valence-corrected chi connectivity index (χ3v) is 5.09. The third kappa shape index (κ3) is 12.0. The molecule has 142 valence electrons. The molecule has 0 amide bonds. The van der Waals surface area contributed by atoms with E-state index in [0.717, 1.165) is 45.0 Å². The molecule has 1 fully saturated rings. The number of thioether (sulfide) groups is 1. The maximum atomic E-state index is 6.04. The zero-order chi connectivity index (χ0) is 17.3. The van der Waals surface area contributed by atoms with E-state index in [0.29, 0.717) is 6.10 Å². The number of hydrogen-bond donors (Lipinski definition) is 2. The molecular weight excluding hydrogens is 318 g/mol. The summed E-state index contributed by atoms with van der Waals surface area (Å²) in [6.07, 6.45) is 15.4. The summed E-state index contributed by atoms with van der Waals surface area (Å²) in [5.74, 6) is 2.21. The van der Waals surface area contributed by atoms with Crippen LogP contribution in [-0.4, -0.2) is 50.3 Å². The lowest BCUT2D eigenvalue weighted by atomic mass is 10.1. The van der Waals surface area contributed by atoms with Crippen LogP contribution in [-0.2, 0) is 4.74 Å².